The second-order valence-corrected chi connectivity index (χ2v) is 6.02. The largest absolute Gasteiger partial charge is 0.348 e. The highest BCUT2D eigenvalue weighted by Crippen LogP contribution is 2.28. The Morgan fingerprint density at radius 3 is 2.71 bits per heavy atom. The summed E-state index contributed by atoms with van der Waals surface area (Å²) in [4.78, 5) is 10.4. The molecule has 0 aliphatic carbocycles. The third-order valence-electron chi connectivity index (χ3n) is 3.50. The van der Waals surface area contributed by atoms with Crippen molar-refractivity contribution in [3.63, 3.8) is 0 Å². The molecule has 1 aromatic heterocycles. The van der Waals surface area contributed by atoms with Crippen LogP contribution in [0.2, 0.25) is 0 Å². The van der Waals surface area contributed by atoms with Crippen LogP contribution in [0.25, 0.3) is 0 Å². The molecule has 1 saturated heterocycles. The number of nitrogens with two attached hydrogens (primary N) is 1. The lowest BCUT2D eigenvalue weighted by Crippen LogP contribution is -2.41. The van der Waals surface area contributed by atoms with Gasteiger partial charge in [-0.15, -0.1) is 11.3 Å². The highest BCUT2D eigenvalue weighted by atomic mass is 32.1. The molecule has 0 saturated carbocycles. The van der Waals surface area contributed by atoms with E-state index in [4.69, 9.17) is 5.73 Å². The van der Waals surface area contributed by atoms with Crippen LogP contribution in [0.1, 0.15) is 30.7 Å². The molecule has 4 nitrogen and oxygen atoms in total. The summed E-state index contributed by atoms with van der Waals surface area (Å²) in [6.07, 6.45) is 4.36. The Kier molecular flexibility index (Phi) is 4.01. The van der Waals surface area contributed by atoms with Gasteiger partial charge in [-0.3, -0.25) is 0 Å². The molecular weight excluding hydrogens is 232 g/mol. The zero-order chi connectivity index (χ0) is 12.4. The Hall–Kier alpha value is -0.650. The number of thiazole rings is 1. The molecule has 2 N–H and O–H groups in total. The van der Waals surface area contributed by atoms with Gasteiger partial charge in [-0.25, -0.2) is 4.98 Å². The van der Waals surface area contributed by atoms with Crippen molar-refractivity contribution in [2.75, 3.05) is 32.1 Å². The van der Waals surface area contributed by atoms with E-state index in [9.17, 15) is 0 Å². The van der Waals surface area contributed by atoms with Crippen molar-refractivity contribution in [1.29, 1.82) is 0 Å². The molecule has 0 radical (unpaired) electrons. The molecule has 17 heavy (non-hydrogen) atoms. The lowest BCUT2D eigenvalue weighted by molar-refractivity contribution is 0.253. The maximum Gasteiger partial charge on any atom is 0.185 e. The molecule has 2 rings (SSSR count). The van der Waals surface area contributed by atoms with Crippen molar-refractivity contribution in [3.8, 4) is 0 Å². The van der Waals surface area contributed by atoms with Crippen molar-refractivity contribution in [2.24, 2.45) is 5.73 Å². The van der Waals surface area contributed by atoms with Gasteiger partial charge in [-0.1, -0.05) is 0 Å². The highest BCUT2D eigenvalue weighted by Gasteiger charge is 2.22. The van der Waals surface area contributed by atoms with Crippen molar-refractivity contribution in [1.82, 2.24) is 9.88 Å². The van der Waals surface area contributed by atoms with Gasteiger partial charge in [0.15, 0.2) is 5.13 Å². The summed E-state index contributed by atoms with van der Waals surface area (Å²) in [6.45, 7) is 4.37. The molecule has 1 atom stereocenters. The number of nitrogens with zero attached hydrogens (tertiary/aromatic N) is 3. The number of anilines is 1. The van der Waals surface area contributed by atoms with E-state index in [-0.39, 0.29) is 6.04 Å². The van der Waals surface area contributed by atoms with E-state index >= 15 is 0 Å². The number of piperidine rings is 1. The van der Waals surface area contributed by atoms with Crippen molar-refractivity contribution < 1.29 is 0 Å². The van der Waals surface area contributed by atoms with Crippen LogP contribution in [-0.2, 0) is 0 Å². The maximum absolute atomic E-state index is 5.87. The number of likely N-dealkylation sites (tertiary alicyclic amines) is 1. The highest BCUT2D eigenvalue weighted by molar-refractivity contribution is 7.15. The molecule has 0 amide bonds. The van der Waals surface area contributed by atoms with Gasteiger partial charge in [0.2, 0.25) is 0 Å². The Bertz CT molecular complexity index is 355. The zero-order valence-electron chi connectivity index (χ0n) is 10.9. The van der Waals surface area contributed by atoms with Gasteiger partial charge in [0, 0.05) is 30.2 Å². The zero-order valence-corrected chi connectivity index (χ0v) is 11.7. The van der Waals surface area contributed by atoms with Gasteiger partial charge in [0.25, 0.3) is 0 Å². The normalized spacial score (nSPS) is 20.5. The third-order valence-corrected chi connectivity index (χ3v) is 4.79. The molecular formula is C12H22N4S. The molecule has 1 aliphatic heterocycles. The average molecular weight is 254 g/mol. The summed E-state index contributed by atoms with van der Waals surface area (Å²) in [6, 6.07) is 0.713. The SMILES string of the molecule is CC(N)c1cnc(N(C)C2CCN(C)CC2)s1. The summed E-state index contributed by atoms with van der Waals surface area (Å²) in [5.74, 6) is 0. The first-order valence-corrected chi connectivity index (χ1v) is 7.02. The van der Waals surface area contributed by atoms with Crippen molar-refractivity contribution >= 4 is 16.5 Å². The standard InChI is InChI=1S/C12H22N4S/c1-9(13)11-8-14-12(17-11)16(3)10-4-6-15(2)7-5-10/h8-10H,4-7,13H2,1-3H3. The quantitative estimate of drug-likeness (QED) is 0.891. The van der Waals surface area contributed by atoms with E-state index in [0.29, 0.717) is 6.04 Å². The first-order valence-electron chi connectivity index (χ1n) is 6.20. The minimum atomic E-state index is 0.0899. The summed E-state index contributed by atoms with van der Waals surface area (Å²) in [7, 11) is 4.34. The molecule has 1 fully saturated rings. The van der Waals surface area contributed by atoms with Gasteiger partial charge in [-0.05, 0) is 39.9 Å². The van der Waals surface area contributed by atoms with Crippen LogP contribution in [0.3, 0.4) is 0 Å². The molecule has 0 spiro atoms. The minimum Gasteiger partial charge on any atom is -0.348 e. The molecule has 0 aromatic carbocycles. The Morgan fingerprint density at radius 1 is 1.53 bits per heavy atom. The van der Waals surface area contributed by atoms with E-state index < -0.39 is 0 Å². The van der Waals surface area contributed by atoms with Gasteiger partial charge in [0.05, 0.1) is 0 Å². The van der Waals surface area contributed by atoms with Crippen LogP contribution < -0.4 is 10.6 Å². The molecule has 0 bridgehead atoms. The fourth-order valence-electron chi connectivity index (χ4n) is 2.19. The first-order chi connectivity index (χ1) is 8.08. The van der Waals surface area contributed by atoms with Crippen LogP contribution in [0.5, 0.6) is 0 Å². The van der Waals surface area contributed by atoms with Gasteiger partial charge >= 0.3 is 0 Å². The number of rotatable bonds is 3. The fourth-order valence-corrected chi connectivity index (χ4v) is 3.09. The van der Waals surface area contributed by atoms with E-state index in [1.54, 1.807) is 11.3 Å². The number of hydrogen-bond acceptors (Lipinski definition) is 5. The number of hydrogen-bond donors (Lipinski definition) is 1. The second-order valence-electron chi connectivity index (χ2n) is 4.98. The summed E-state index contributed by atoms with van der Waals surface area (Å²) >= 11 is 1.72. The van der Waals surface area contributed by atoms with Crippen molar-refractivity contribution in [2.45, 2.75) is 31.8 Å². The van der Waals surface area contributed by atoms with E-state index in [1.165, 1.54) is 30.8 Å². The van der Waals surface area contributed by atoms with Crippen LogP contribution in [0.4, 0.5) is 5.13 Å². The van der Waals surface area contributed by atoms with Gasteiger partial charge in [0.1, 0.15) is 0 Å². The monoisotopic (exact) mass is 254 g/mol. The first kappa shape index (κ1) is 12.8. The molecule has 96 valence electrons. The van der Waals surface area contributed by atoms with Crippen LogP contribution in [-0.4, -0.2) is 43.1 Å². The smallest absolute Gasteiger partial charge is 0.185 e. The second kappa shape index (κ2) is 5.33. The predicted molar refractivity (Wildman–Crippen MR) is 73.6 cm³/mol. The van der Waals surface area contributed by atoms with E-state index in [1.807, 2.05) is 13.1 Å². The van der Waals surface area contributed by atoms with E-state index in [0.717, 1.165) is 5.13 Å². The Balaban J connectivity index is 2.01. The molecule has 1 aromatic rings. The maximum atomic E-state index is 5.87. The lowest BCUT2D eigenvalue weighted by Gasteiger charge is -2.34. The molecule has 1 unspecified atom stereocenters. The Labute approximate surface area is 107 Å². The predicted octanol–water partition coefficient (Wildman–Crippen LogP) is 1.69. The van der Waals surface area contributed by atoms with Gasteiger partial charge < -0.3 is 15.5 Å². The lowest BCUT2D eigenvalue weighted by atomic mass is 10.0. The Morgan fingerprint density at radius 2 is 2.18 bits per heavy atom. The van der Waals surface area contributed by atoms with Crippen molar-refractivity contribution in [3.05, 3.63) is 11.1 Å². The van der Waals surface area contributed by atoms with Crippen LogP contribution in [0, 0.1) is 0 Å². The topological polar surface area (TPSA) is 45.4 Å². The summed E-state index contributed by atoms with van der Waals surface area (Å²) < 4.78 is 0. The fraction of sp³-hybridized carbons (Fsp3) is 0.750. The van der Waals surface area contributed by atoms with Crippen LogP contribution >= 0.6 is 11.3 Å². The minimum absolute atomic E-state index is 0.0899. The number of aromatic nitrogens is 1. The average Bonchev–Trinajstić information content (AvgIpc) is 2.78. The summed E-state index contributed by atoms with van der Waals surface area (Å²) in [5.41, 5.74) is 5.87. The molecule has 1 aliphatic rings. The molecule has 2 heterocycles. The molecule has 5 heteroatoms. The van der Waals surface area contributed by atoms with Crippen LogP contribution in [0.15, 0.2) is 6.20 Å². The van der Waals surface area contributed by atoms with Gasteiger partial charge in [-0.2, -0.15) is 0 Å². The third kappa shape index (κ3) is 2.97. The summed E-state index contributed by atoms with van der Waals surface area (Å²) in [5, 5.41) is 1.10. The van der Waals surface area contributed by atoms with E-state index in [2.05, 4.69) is 28.9 Å².